The summed E-state index contributed by atoms with van der Waals surface area (Å²) < 4.78 is 16.1. The van der Waals surface area contributed by atoms with Crippen LogP contribution in [0.1, 0.15) is 40.4 Å². The molecule has 0 aliphatic carbocycles. The van der Waals surface area contributed by atoms with Gasteiger partial charge in [0.25, 0.3) is 5.91 Å². The van der Waals surface area contributed by atoms with E-state index in [0.29, 0.717) is 61.0 Å². The number of nitrogens with zero attached hydrogens (tertiary/aromatic N) is 3. The molecule has 5 rings (SSSR count). The second-order valence-electron chi connectivity index (χ2n) is 9.71. The largest absolute Gasteiger partial charge is 0.495 e. The number of carbonyl (C=O) groups is 2. The van der Waals surface area contributed by atoms with Gasteiger partial charge < -0.3 is 19.1 Å². The molecule has 0 unspecified atom stereocenters. The highest BCUT2D eigenvalue weighted by Gasteiger charge is 2.32. The Bertz CT molecular complexity index is 1450. The number of ether oxygens (including phenoxy) is 3. The van der Waals surface area contributed by atoms with Crippen LogP contribution in [0.15, 0.2) is 48.5 Å². The van der Waals surface area contributed by atoms with Crippen molar-refractivity contribution in [3.05, 3.63) is 75.8 Å². The molecule has 3 aromatic rings. The lowest BCUT2D eigenvalue weighted by molar-refractivity contribution is -0.143. The minimum atomic E-state index is -0.220. The van der Waals surface area contributed by atoms with Crippen molar-refractivity contribution in [2.45, 2.75) is 32.7 Å². The number of hydrogen-bond acceptors (Lipinski definition) is 8. The van der Waals surface area contributed by atoms with Crippen LogP contribution >= 0.6 is 11.6 Å². The van der Waals surface area contributed by atoms with E-state index in [-0.39, 0.29) is 11.9 Å². The molecule has 0 radical (unpaired) electrons. The molecule has 40 heavy (non-hydrogen) atoms. The van der Waals surface area contributed by atoms with E-state index in [9.17, 15) is 9.59 Å². The first kappa shape index (κ1) is 27.6. The van der Waals surface area contributed by atoms with E-state index >= 15 is 0 Å². The number of carbonyl (C=O) groups excluding carboxylic acids is 2. The zero-order valence-electron chi connectivity index (χ0n) is 23.1. The standard InChI is InChI=1S/C30H33ClN4O5/c1-5-40-28(36)12-9-19-15-25-29(27(16-19)39-4)33(2)32-35(25)24-8-6-7-21-18-34(14-13-22(21)24)30(37)20-10-11-26(38-3)23(31)17-20/h6-8,10-11,15-17,32H,5,9,12-14,18H2,1-4H3. The lowest BCUT2D eigenvalue weighted by atomic mass is 9.96. The number of methoxy groups -OCH3 is 2. The number of benzene rings is 3. The molecule has 0 aromatic heterocycles. The number of rotatable bonds is 8. The van der Waals surface area contributed by atoms with Crippen LogP contribution in [-0.2, 0) is 28.9 Å². The molecule has 2 aliphatic heterocycles. The predicted octanol–water partition coefficient (Wildman–Crippen LogP) is 5.06. The molecule has 0 bridgehead atoms. The van der Waals surface area contributed by atoms with Crippen LogP contribution in [0.4, 0.5) is 17.1 Å². The van der Waals surface area contributed by atoms with Gasteiger partial charge >= 0.3 is 5.97 Å². The third-order valence-corrected chi connectivity index (χ3v) is 7.55. The van der Waals surface area contributed by atoms with Gasteiger partial charge in [0.1, 0.15) is 17.2 Å². The quantitative estimate of drug-likeness (QED) is 0.380. The Morgan fingerprint density at radius 2 is 1.82 bits per heavy atom. The van der Waals surface area contributed by atoms with Crippen LogP contribution in [0.5, 0.6) is 11.5 Å². The SMILES string of the molecule is CCOC(=O)CCc1cc(OC)c2c(c1)N(c1cccc3c1CCN(C(=O)c1ccc(OC)c(Cl)c1)C3)NN2C. The summed E-state index contributed by atoms with van der Waals surface area (Å²) in [6.07, 6.45) is 1.53. The van der Waals surface area contributed by atoms with E-state index in [1.807, 2.05) is 34.1 Å². The molecule has 1 N–H and O–H groups in total. The summed E-state index contributed by atoms with van der Waals surface area (Å²) in [5.41, 5.74) is 10.0. The van der Waals surface area contributed by atoms with E-state index in [1.54, 1.807) is 39.3 Å². The number of halogens is 1. The van der Waals surface area contributed by atoms with Gasteiger partial charge in [-0.25, -0.2) is 0 Å². The summed E-state index contributed by atoms with van der Waals surface area (Å²) in [6, 6.07) is 15.3. The Morgan fingerprint density at radius 3 is 2.55 bits per heavy atom. The van der Waals surface area contributed by atoms with E-state index < -0.39 is 0 Å². The average molecular weight is 565 g/mol. The molecule has 10 heteroatoms. The Kier molecular flexibility index (Phi) is 8.04. The summed E-state index contributed by atoms with van der Waals surface area (Å²) in [7, 11) is 5.14. The van der Waals surface area contributed by atoms with E-state index in [0.717, 1.165) is 28.2 Å². The van der Waals surface area contributed by atoms with Crippen molar-refractivity contribution in [1.82, 2.24) is 10.4 Å². The number of hydrogen-bond donors (Lipinski definition) is 1. The van der Waals surface area contributed by atoms with Crippen LogP contribution < -0.4 is 25.0 Å². The predicted molar refractivity (Wildman–Crippen MR) is 155 cm³/mol. The van der Waals surface area contributed by atoms with Gasteiger partial charge in [-0.3, -0.25) is 19.6 Å². The lowest BCUT2D eigenvalue weighted by Gasteiger charge is -2.32. The monoisotopic (exact) mass is 564 g/mol. The number of nitrogens with one attached hydrogen (secondary N) is 1. The molecule has 210 valence electrons. The maximum absolute atomic E-state index is 13.3. The first-order chi connectivity index (χ1) is 19.3. The molecule has 0 spiro atoms. The molecule has 0 saturated heterocycles. The molecule has 3 aromatic carbocycles. The zero-order valence-corrected chi connectivity index (χ0v) is 23.9. The topological polar surface area (TPSA) is 83.6 Å². The van der Waals surface area contributed by atoms with E-state index in [4.69, 9.17) is 25.8 Å². The molecule has 1 amide bonds. The summed E-state index contributed by atoms with van der Waals surface area (Å²) in [5, 5.41) is 4.38. The third-order valence-electron chi connectivity index (χ3n) is 7.25. The van der Waals surface area contributed by atoms with Gasteiger partial charge in [0.2, 0.25) is 0 Å². The minimum absolute atomic E-state index is 0.0686. The van der Waals surface area contributed by atoms with Gasteiger partial charge in [0, 0.05) is 32.1 Å². The van der Waals surface area contributed by atoms with Gasteiger partial charge in [-0.15, -0.1) is 5.53 Å². The van der Waals surface area contributed by atoms with Crippen molar-refractivity contribution in [2.24, 2.45) is 0 Å². The van der Waals surface area contributed by atoms with Crippen molar-refractivity contribution in [2.75, 3.05) is 44.4 Å². The molecule has 2 aliphatic rings. The Labute approximate surface area is 239 Å². The molecule has 0 atom stereocenters. The van der Waals surface area contributed by atoms with Crippen LogP contribution in [0.2, 0.25) is 5.02 Å². The molecular weight excluding hydrogens is 532 g/mol. The Morgan fingerprint density at radius 1 is 1.02 bits per heavy atom. The van der Waals surface area contributed by atoms with Gasteiger partial charge in [-0.2, -0.15) is 0 Å². The number of anilines is 3. The second kappa shape index (κ2) is 11.7. The Balaban J connectivity index is 1.42. The molecule has 0 saturated carbocycles. The van der Waals surface area contributed by atoms with E-state index in [1.165, 1.54) is 5.56 Å². The van der Waals surface area contributed by atoms with Crippen molar-refractivity contribution in [3.63, 3.8) is 0 Å². The van der Waals surface area contributed by atoms with E-state index in [2.05, 4.69) is 23.7 Å². The van der Waals surface area contributed by atoms with Crippen LogP contribution in [0, 0.1) is 0 Å². The molecule has 2 heterocycles. The van der Waals surface area contributed by atoms with Crippen LogP contribution in [-0.4, -0.2) is 51.2 Å². The molecular formula is C30H33ClN4O5. The normalized spacial score (nSPS) is 14.1. The number of fused-ring (bicyclic) bond motifs is 2. The summed E-state index contributed by atoms with van der Waals surface area (Å²) in [4.78, 5) is 27.2. The van der Waals surface area contributed by atoms with Gasteiger partial charge in [-0.1, -0.05) is 23.7 Å². The average Bonchev–Trinajstić information content (AvgIpc) is 3.30. The number of esters is 1. The van der Waals surface area contributed by atoms with Crippen molar-refractivity contribution < 1.29 is 23.8 Å². The highest BCUT2D eigenvalue weighted by atomic mass is 35.5. The van der Waals surface area contributed by atoms with Crippen molar-refractivity contribution in [3.8, 4) is 11.5 Å². The van der Waals surface area contributed by atoms with Crippen LogP contribution in [0.25, 0.3) is 0 Å². The highest BCUT2D eigenvalue weighted by molar-refractivity contribution is 6.32. The molecule has 0 fully saturated rings. The maximum atomic E-state index is 13.3. The summed E-state index contributed by atoms with van der Waals surface area (Å²) >= 11 is 6.28. The van der Waals surface area contributed by atoms with Crippen molar-refractivity contribution in [1.29, 1.82) is 0 Å². The fourth-order valence-corrected chi connectivity index (χ4v) is 5.58. The smallest absolute Gasteiger partial charge is 0.306 e. The highest BCUT2D eigenvalue weighted by Crippen LogP contribution is 2.46. The maximum Gasteiger partial charge on any atom is 0.306 e. The van der Waals surface area contributed by atoms with Crippen molar-refractivity contribution >= 4 is 40.5 Å². The number of hydrazine groups is 2. The Hall–Kier alpha value is -3.95. The molecule has 9 nitrogen and oxygen atoms in total. The van der Waals surface area contributed by atoms with Gasteiger partial charge in [-0.05, 0) is 72.9 Å². The summed E-state index contributed by atoms with van der Waals surface area (Å²) in [6.45, 7) is 3.24. The minimum Gasteiger partial charge on any atom is -0.495 e. The lowest BCUT2D eigenvalue weighted by Crippen LogP contribution is -2.41. The van der Waals surface area contributed by atoms with Gasteiger partial charge in [0.05, 0.1) is 37.2 Å². The first-order valence-electron chi connectivity index (χ1n) is 13.2. The van der Waals surface area contributed by atoms with Gasteiger partial charge in [0.15, 0.2) is 0 Å². The van der Waals surface area contributed by atoms with Crippen LogP contribution in [0.3, 0.4) is 0 Å². The second-order valence-corrected chi connectivity index (χ2v) is 10.1. The fraction of sp³-hybridized carbons (Fsp3) is 0.333. The summed E-state index contributed by atoms with van der Waals surface area (Å²) in [5.74, 6) is 0.965. The third kappa shape index (κ3) is 5.26. The first-order valence-corrected chi connectivity index (χ1v) is 13.6. The number of aryl methyl sites for hydroxylation is 1. The fourth-order valence-electron chi connectivity index (χ4n) is 5.33. The zero-order chi connectivity index (χ0) is 28.4. The number of amides is 1.